The number of aliphatic carboxylic acids is 1. The second-order valence-electron chi connectivity index (χ2n) is 4.69. The van der Waals surface area contributed by atoms with E-state index < -0.39 is 5.97 Å². The Labute approximate surface area is 122 Å². The first-order chi connectivity index (χ1) is 10.1. The first kappa shape index (κ1) is 14.6. The molecule has 1 aromatic rings. The van der Waals surface area contributed by atoms with Gasteiger partial charge in [-0.25, -0.2) is 4.79 Å². The molecule has 1 aliphatic heterocycles. The summed E-state index contributed by atoms with van der Waals surface area (Å²) in [5.41, 5.74) is 1.76. The van der Waals surface area contributed by atoms with Crippen LogP contribution in [0, 0.1) is 11.3 Å². The van der Waals surface area contributed by atoms with Crippen LogP contribution in [0.4, 0.5) is 5.69 Å². The zero-order chi connectivity index (χ0) is 15.2. The molecule has 0 bridgehead atoms. The van der Waals surface area contributed by atoms with Crippen LogP contribution in [0.25, 0.3) is 6.08 Å². The molecule has 1 aliphatic rings. The van der Waals surface area contributed by atoms with Crippen LogP contribution < -0.4 is 10.2 Å². The zero-order valence-corrected chi connectivity index (χ0v) is 11.4. The topological polar surface area (TPSA) is 93.4 Å². The van der Waals surface area contributed by atoms with E-state index >= 15 is 0 Å². The number of nitrogens with zero attached hydrogens (tertiary/aromatic N) is 2. The lowest BCUT2D eigenvalue weighted by Gasteiger charge is -2.22. The summed E-state index contributed by atoms with van der Waals surface area (Å²) in [4.78, 5) is 24.0. The lowest BCUT2D eigenvalue weighted by Crippen LogP contribution is -2.33. The maximum absolute atomic E-state index is 11.6. The average molecular weight is 285 g/mol. The largest absolute Gasteiger partial charge is 0.478 e. The molecule has 1 fully saturated rings. The van der Waals surface area contributed by atoms with Gasteiger partial charge in [0, 0.05) is 19.2 Å². The summed E-state index contributed by atoms with van der Waals surface area (Å²) < 4.78 is 0. The van der Waals surface area contributed by atoms with Crippen LogP contribution >= 0.6 is 0 Å². The normalized spacial score (nSPS) is 15.4. The van der Waals surface area contributed by atoms with Crippen LogP contribution in [0.3, 0.4) is 0 Å². The highest BCUT2D eigenvalue weighted by Gasteiger charge is 2.17. The van der Waals surface area contributed by atoms with Crippen molar-refractivity contribution in [3.8, 4) is 6.07 Å². The number of carboxylic acids is 1. The predicted molar refractivity (Wildman–Crippen MR) is 77.7 cm³/mol. The molecule has 1 aromatic carbocycles. The van der Waals surface area contributed by atoms with Crippen molar-refractivity contribution in [3.63, 3.8) is 0 Å². The molecule has 6 nitrogen and oxygen atoms in total. The van der Waals surface area contributed by atoms with Gasteiger partial charge in [0.15, 0.2) is 0 Å². The van der Waals surface area contributed by atoms with E-state index in [1.807, 2.05) is 4.90 Å². The van der Waals surface area contributed by atoms with E-state index in [-0.39, 0.29) is 12.5 Å². The summed E-state index contributed by atoms with van der Waals surface area (Å²) in [5, 5.41) is 20.7. The molecule has 0 aliphatic carbocycles. The number of hydrogen-bond donors (Lipinski definition) is 2. The Bertz CT molecular complexity index is 632. The fourth-order valence-electron chi connectivity index (χ4n) is 2.20. The fraction of sp³-hybridized carbons (Fsp3) is 0.267. The first-order valence-electron chi connectivity index (χ1n) is 6.57. The maximum Gasteiger partial charge on any atom is 0.328 e. The third kappa shape index (κ3) is 3.83. The highest BCUT2D eigenvalue weighted by atomic mass is 16.4. The van der Waals surface area contributed by atoms with Crippen LogP contribution in [-0.4, -0.2) is 36.6 Å². The molecule has 1 amide bonds. The summed E-state index contributed by atoms with van der Waals surface area (Å²) in [6, 6.07) is 7.21. The van der Waals surface area contributed by atoms with Crippen molar-refractivity contribution in [2.24, 2.45) is 0 Å². The minimum Gasteiger partial charge on any atom is -0.478 e. The lowest BCUT2D eigenvalue weighted by molar-refractivity contribution is -0.131. The Morgan fingerprint density at radius 1 is 1.48 bits per heavy atom. The highest BCUT2D eigenvalue weighted by Crippen LogP contribution is 2.23. The molecular formula is C15H15N3O3. The molecule has 2 N–H and O–H groups in total. The molecular weight excluding hydrogens is 270 g/mol. The third-order valence-corrected chi connectivity index (χ3v) is 3.16. The van der Waals surface area contributed by atoms with Crippen molar-refractivity contribution in [3.05, 3.63) is 35.4 Å². The molecule has 0 aromatic heterocycles. The number of carbonyl (C=O) groups excluding carboxylic acids is 1. The van der Waals surface area contributed by atoms with Crippen LogP contribution in [0.2, 0.25) is 0 Å². The van der Waals surface area contributed by atoms with E-state index in [0.717, 1.165) is 12.5 Å². The number of benzene rings is 1. The number of rotatable bonds is 3. The number of carboxylic acid groups (broad SMARTS) is 1. The lowest BCUT2D eigenvalue weighted by atomic mass is 10.1. The van der Waals surface area contributed by atoms with E-state index in [1.165, 1.54) is 6.08 Å². The third-order valence-electron chi connectivity index (χ3n) is 3.16. The monoisotopic (exact) mass is 285 g/mol. The Kier molecular flexibility index (Phi) is 4.57. The van der Waals surface area contributed by atoms with Gasteiger partial charge in [0.1, 0.15) is 6.07 Å². The Hall–Kier alpha value is -2.81. The van der Waals surface area contributed by atoms with E-state index in [9.17, 15) is 14.9 Å². The van der Waals surface area contributed by atoms with Gasteiger partial charge in [0.25, 0.3) is 0 Å². The summed E-state index contributed by atoms with van der Waals surface area (Å²) in [5.74, 6) is -1.10. The zero-order valence-electron chi connectivity index (χ0n) is 11.4. The number of amides is 1. The number of nitriles is 1. The van der Waals surface area contributed by atoms with Gasteiger partial charge in [-0.3, -0.25) is 4.79 Å². The van der Waals surface area contributed by atoms with E-state index in [4.69, 9.17) is 5.11 Å². The van der Waals surface area contributed by atoms with Gasteiger partial charge in [0.2, 0.25) is 5.91 Å². The average Bonchev–Trinajstić information content (AvgIpc) is 2.69. The van der Waals surface area contributed by atoms with Gasteiger partial charge >= 0.3 is 5.97 Å². The number of carbonyl (C=O) groups is 2. The van der Waals surface area contributed by atoms with Gasteiger partial charge in [-0.1, -0.05) is 6.07 Å². The molecule has 1 saturated heterocycles. The van der Waals surface area contributed by atoms with Crippen LogP contribution in [0.5, 0.6) is 0 Å². The van der Waals surface area contributed by atoms with Crippen molar-refractivity contribution in [2.45, 2.75) is 6.42 Å². The standard InChI is InChI=1S/C15H15N3O3/c16-9-12-8-11(3-5-15(20)21)2-4-13(12)18-7-1-6-17-14(19)10-18/h2-5,8H,1,6-7,10H2,(H,17,19)(H,20,21)/b5-3+. The van der Waals surface area contributed by atoms with Gasteiger partial charge < -0.3 is 15.3 Å². The van der Waals surface area contributed by atoms with Gasteiger partial charge in [-0.2, -0.15) is 5.26 Å². The summed E-state index contributed by atoms with van der Waals surface area (Å²) in [7, 11) is 0. The van der Waals surface area contributed by atoms with Gasteiger partial charge in [-0.05, 0) is 30.2 Å². The Morgan fingerprint density at radius 2 is 2.29 bits per heavy atom. The van der Waals surface area contributed by atoms with Gasteiger partial charge in [0.05, 0.1) is 17.8 Å². The molecule has 0 unspecified atom stereocenters. The fourth-order valence-corrected chi connectivity index (χ4v) is 2.20. The quantitative estimate of drug-likeness (QED) is 0.807. The molecule has 0 atom stereocenters. The van der Waals surface area contributed by atoms with E-state index in [0.29, 0.717) is 29.9 Å². The molecule has 1 heterocycles. The minimum atomic E-state index is -1.04. The number of anilines is 1. The molecule has 108 valence electrons. The predicted octanol–water partition coefficient (Wildman–Crippen LogP) is 0.982. The molecule has 0 spiro atoms. The van der Waals surface area contributed by atoms with Crippen molar-refractivity contribution in [1.82, 2.24) is 5.32 Å². The second-order valence-corrected chi connectivity index (χ2v) is 4.69. The van der Waals surface area contributed by atoms with Crippen LogP contribution in [0.15, 0.2) is 24.3 Å². The van der Waals surface area contributed by atoms with Crippen molar-refractivity contribution in [1.29, 1.82) is 5.26 Å². The molecule has 2 rings (SSSR count). The maximum atomic E-state index is 11.6. The van der Waals surface area contributed by atoms with Gasteiger partial charge in [-0.15, -0.1) is 0 Å². The summed E-state index contributed by atoms with van der Waals surface area (Å²) in [6.45, 7) is 1.55. The van der Waals surface area contributed by atoms with Crippen molar-refractivity contribution in [2.75, 3.05) is 24.5 Å². The molecule has 21 heavy (non-hydrogen) atoms. The number of hydrogen-bond acceptors (Lipinski definition) is 4. The van der Waals surface area contributed by atoms with Crippen molar-refractivity contribution < 1.29 is 14.7 Å². The second kappa shape index (κ2) is 6.57. The molecule has 6 heteroatoms. The summed E-state index contributed by atoms with van der Waals surface area (Å²) in [6.07, 6.45) is 3.27. The Morgan fingerprint density at radius 3 is 3.00 bits per heavy atom. The number of nitrogens with one attached hydrogen (secondary N) is 1. The van der Waals surface area contributed by atoms with Crippen LogP contribution in [0.1, 0.15) is 17.5 Å². The van der Waals surface area contributed by atoms with Crippen LogP contribution in [-0.2, 0) is 9.59 Å². The first-order valence-corrected chi connectivity index (χ1v) is 6.57. The smallest absolute Gasteiger partial charge is 0.328 e. The SMILES string of the molecule is N#Cc1cc(/C=C/C(=O)O)ccc1N1CCCNC(=O)C1. The highest BCUT2D eigenvalue weighted by molar-refractivity contribution is 5.86. The summed E-state index contributed by atoms with van der Waals surface area (Å²) >= 11 is 0. The van der Waals surface area contributed by atoms with Crippen molar-refractivity contribution >= 4 is 23.6 Å². The minimum absolute atomic E-state index is 0.0637. The molecule has 0 saturated carbocycles. The Balaban J connectivity index is 2.29. The van der Waals surface area contributed by atoms with E-state index in [1.54, 1.807) is 18.2 Å². The molecule has 0 radical (unpaired) electrons. The van der Waals surface area contributed by atoms with E-state index in [2.05, 4.69) is 11.4 Å².